The number of hydrogen-bond acceptors (Lipinski definition) is 4. The van der Waals surface area contributed by atoms with Gasteiger partial charge in [-0.05, 0) is 38.3 Å². The lowest BCUT2D eigenvalue weighted by Crippen LogP contribution is -2.38. The summed E-state index contributed by atoms with van der Waals surface area (Å²) in [6.45, 7) is 2.55. The number of methoxy groups -OCH3 is 1. The second-order valence-corrected chi connectivity index (χ2v) is 6.27. The number of fused-ring (bicyclic) bond motifs is 1. The molecule has 0 spiro atoms. The second-order valence-electron chi connectivity index (χ2n) is 6.27. The third kappa shape index (κ3) is 3.34. The lowest BCUT2D eigenvalue weighted by atomic mass is 10.1. The molecule has 0 saturated carbocycles. The van der Waals surface area contributed by atoms with Crippen molar-refractivity contribution >= 4 is 16.9 Å². The van der Waals surface area contributed by atoms with Crippen molar-refractivity contribution in [1.82, 2.24) is 4.90 Å². The number of hydrogen-bond donors (Lipinski definition) is 1. The molecule has 1 amide bonds. The van der Waals surface area contributed by atoms with Crippen LogP contribution in [0.4, 0.5) is 0 Å². The highest BCUT2D eigenvalue weighted by Crippen LogP contribution is 2.28. The molecule has 0 bridgehead atoms. The Morgan fingerprint density at radius 1 is 1.52 bits per heavy atom. The highest BCUT2D eigenvalue weighted by Gasteiger charge is 2.29. The fourth-order valence-electron chi connectivity index (χ4n) is 3.39. The largest absolute Gasteiger partial charge is 0.497 e. The van der Waals surface area contributed by atoms with Crippen molar-refractivity contribution in [1.29, 1.82) is 0 Å². The number of furan rings is 1. The van der Waals surface area contributed by atoms with Gasteiger partial charge in [-0.2, -0.15) is 0 Å². The zero-order valence-corrected chi connectivity index (χ0v) is 13.6. The monoisotopic (exact) mass is 317 g/mol. The Hall–Kier alpha value is -2.01. The van der Waals surface area contributed by atoms with Gasteiger partial charge in [-0.15, -0.1) is 0 Å². The zero-order valence-electron chi connectivity index (χ0n) is 13.6. The van der Waals surface area contributed by atoms with E-state index in [0.717, 1.165) is 41.7 Å². The molecule has 2 unspecified atom stereocenters. The van der Waals surface area contributed by atoms with Gasteiger partial charge in [-0.25, -0.2) is 0 Å². The lowest BCUT2D eigenvalue weighted by molar-refractivity contribution is -0.131. The predicted molar refractivity (Wildman–Crippen MR) is 87.5 cm³/mol. The number of amides is 1. The van der Waals surface area contributed by atoms with Crippen LogP contribution < -0.4 is 4.74 Å². The molecular formula is C18H23NO4. The van der Waals surface area contributed by atoms with Crippen LogP contribution in [0.1, 0.15) is 31.7 Å². The zero-order chi connectivity index (χ0) is 16.4. The molecule has 1 aliphatic heterocycles. The van der Waals surface area contributed by atoms with Crippen molar-refractivity contribution in [3.05, 3.63) is 30.0 Å². The maximum atomic E-state index is 12.6. The van der Waals surface area contributed by atoms with Gasteiger partial charge in [0.05, 0.1) is 25.9 Å². The minimum absolute atomic E-state index is 0.103. The molecular weight excluding hydrogens is 294 g/mol. The minimum Gasteiger partial charge on any atom is -0.497 e. The van der Waals surface area contributed by atoms with Crippen molar-refractivity contribution in [3.8, 4) is 5.75 Å². The molecule has 2 heterocycles. The minimum atomic E-state index is -0.379. The number of rotatable bonds is 5. The molecule has 1 fully saturated rings. The van der Waals surface area contributed by atoms with E-state index in [1.165, 1.54) is 0 Å². The molecule has 2 atom stereocenters. The van der Waals surface area contributed by atoms with Crippen LogP contribution in [0.2, 0.25) is 0 Å². The number of likely N-dealkylation sites (tertiary alicyclic amines) is 1. The molecule has 0 radical (unpaired) electrons. The van der Waals surface area contributed by atoms with Crippen LogP contribution in [0.15, 0.2) is 28.9 Å². The highest BCUT2D eigenvalue weighted by molar-refractivity contribution is 5.88. The first-order chi connectivity index (χ1) is 11.1. The van der Waals surface area contributed by atoms with Crippen molar-refractivity contribution in [3.63, 3.8) is 0 Å². The fraction of sp³-hybridized carbons (Fsp3) is 0.500. The fourth-order valence-corrected chi connectivity index (χ4v) is 3.39. The average molecular weight is 317 g/mol. The van der Waals surface area contributed by atoms with E-state index in [9.17, 15) is 9.90 Å². The summed E-state index contributed by atoms with van der Waals surface area (Å²) < 4.78 is 10.7. The first kappa shape index (κ1) is 15.9. The number of aliphatic hydroxyl groups excluding tert-OH is 1. The van der Waals surface area contributed by atoms with Crippen LogP contribution in [-0.4, -0.2) is 41.7 Å². The average Bonchev–Trinajstić information content (AvgIpc) is 3.13. The van der Waals surface area contributed by atoms with Gasteiger partial charge in [0.15, 0.2) is 0 Å². The lowest BCUT2D eigenvalue weighted by Gasteiger charge is -2.25. The summed E-state index contributed by atoms with van der Waals surface area (Å²) in [4.78, 5) is 14.6. The van der Waals surface area contributed by atoms with Gasteiger partial charge in [0.25, 0.3) is 0 Å². The van der Waals surface area contributed by atoms with Gasteiger partial charge in [-0.3, -0.25) is 4.79 Å². The van der Waals surface area contributed by atoms with Crippen LogP contribution in [0.3, 0.4) is 0 Å². The molecule has 2 aromatic rings. The summed E-state index contributed by atoms with van der Waals surface area (Å²) in [6, 6.07) is 5.78. The van der Waals surface area contributed by atoms with Gasteiger partial charge in [0, 0.05) is 29.6 Å². The topological polar surface area (TPSA) is 62.9 Å². The number of aliphatic hydroxyl groups is 1. The summed E-state index contributed by atoms with van der Waals surface area (Å²) in [5.74, 6) is 0.841. The quantitative estimate of drug-likeness (QED) is 0.921. The molecule has 0 aliphatic carbocycles. The Bertz CT molecular complexity index is 691. The normalized spacial score (nSPS) is 19.3. The number of carbonyl (C=O) groups excluding carboxylic acids is 1. The molecule has 5 heteroatoms. The Balaban J connectivity index is 1.75. The van der Waals surface area contributed by atoms with Gasteiger partial charge < -0.3 is 19.2 Å². The van der Waals surface area contributed by atoms with E-state index in [-0.39, 0.29) is 18.1 Å². The first-order valence-electron chi connectivity index (χ1n) is 8.10. The van der Waals surface area contributed by atoms with Crippen molar-refractivity contribution in [2.75, 3.05) is 13.7 Å². The molecule has 1 aromatic heterocycles. The molecule has 3 rings (SSSR count). The smallest absolute Gasteiger partial charge is 0.227 e. The van der Waals surface area contributed by atoms with Crippen LogP contribution in [0.5, 0.6) is 5.75 Å². The number of nitrogens with zero attached hydrogens (tertiary/aromatic N) is 1. The summed E-state index contributed by atoms with van der Waals surface area (Å²) in [5.41, 5.74) is 1.63. The number of benzene rings is 1. The van der Waals surface area contributed by atoms with Gasteiger partial charge in [0.2, 0.25) is 5.91 Å². The standard InChI is InChI=1S/C18H23NO4/c1-12(20)8-14-4-3-7-19(14)18(21)9-13-11-23-17-10-15(22-2)5-6-16(13)17/h5-6,10-12,14,20H,3-4,7-9H2,1-2H3. The van der Waals surface area contributed by atoms with Crippen LogP contribution in [-0.2, 0) is 11.2 Å². The van der Waals surface area contributed by atoms with Crippen molar-refractivity contribution in [2.24, 2.45) is 0 Å². The summed E-state index contributed by atoms with van der Waals surface area (Å²) in [5, 5.41) is 10.5. The predicted octanol–water partition coefficient (Wildman–Crippen LogP) is 2.75. The van der Waals surface area contributed by atoms with E-state index in [1.54, 1.807) is 20.3 Å². The van der Waals surface area contributed by atoms with Gasteiger partial charge in [-0.1, -0.05) is 0 Å². The van der Waals surface area contributed by atoms with Crippen molar-refractivity contribution < 1.29 is 19.1 Å². The van der Waals surface area contributed by atoms with Gasteiger partial charge >= 0.3 is 0 Å². The molecule has 1 N–H and O–H groups in total. The Labute approximate surface area is 135 Å². The van der Waals surface area contributed by atoms with E-state index in [0.29, 0.717) is 12.8 Å². The first-order valence-corrected chi connectivity index (χ1v) is 8.10. The van der Waals surface area contributed by atoms with E-state index >= 15 is 0 Å². The number of ether oxygens (including phenoxy) is 1. The van der Waals surface area contributed by atoms with E-state index in [2.05, 4.69) is 0 Å². The summed E-state index contributed by atoms with van der Waals surface area (Å²) >= 11 is 0. The highest BCUT2D eigenvalue weighted by atomic mass is 16.5. The van der Waals surface area contributed by atoms with E-state index in [4.69, 9.17) is 9.15 Å². The van der Waals surface area contributed by atoms with Gasteiger partial charge in [0.1, 0.15) is 11.3 Å². The second kappa shape index (κ2) is 6.62. The molecule has 1 aliphatic rings. The molecule has 124 valence electrons. The SMILES string of the molecule is COc1ccc2c(CC(=O)N3CCCC3CC(C)O)coc2c1. The van der Waals surface area contributed by atoms with Crippen LogP contribution in [0.25, 0.3) is 11.0 Å². The molecule has 23 heavy (non-hydrogen) atoms. The Kier molecular flexibility index (Phi) is 4.57. The third-order valence-electron chi connectivity index (χ3n) is 4.52. The number of carbonyl (C=O) groups is 1. The van der Waals surface area contributed by atoms with E-state index in [1.807, 2.05) is 23.1 Å². The Morgan fingerprint density at radius 3 is 3.09 bits per heavy atom. The molecule has 1 aromatic carbocycles. The Morgan fingerprint density at radius 2 is 2.35 bits per heavy atom. The summed E-state index contributed by atoms with van der Waals surface area (Å²) in [7, 11) is 1.62. The van der Waals surface area contributed by atoms with E-state index < -0.39 is 0 Å². The van der Waals surface area contributed by atoms with Crippen molar-refractivity contribution in [2.45, 2.75) is 44.8 Å². The third-order valence-corrected chi connectivity index (χ3v) is 4.52. The maximum Gasteiger partial charge on any atom is 0.227 e. The molecule has 5 nitrogen and oxygen atoms in total. The molecule has 1 saturated heterocycles. The summed E-state index contributed by atoms with van der Waals surface area (Å²) in [6.07, 6.45) is 4.23. The maximum absolute atomic E-state index is 12.6. The van der Waals surface area contributed by atoms with Crippen LogP contribution >= 0.6 is 0 Å². The van der Waals surface area contributed by atoms with Crippen LogP contribution in [0, 0.1) is 0 Å².